The molecule has 5 aliphatic heterocycles. The van der Waals surface area contributed by atoms with Gasteiger partial charge in [0.1, 0.15) is 18.3 Å². The maximum Gasteiger partial charge on any atom is 0.104 e. The molecule has 49 heavy (non-hydrogen) atoms. The van der Waals surface area contributed by atoms with Crippen molar-refractivity contribution in [2.45, 2.75) is 45.2 Å². The predicted molar refractivity (Wildman–Crippen MR) is 194 cm³/mol. The first-order valence-electron chi connectivity index (χ1n) is 18.6. The highest BCUT2D eigenvalue weighted by Gasteiger charge is 2.36. The average molecular weight is 718 g/mol. The molecule has 4 unspecified atom stereocenters. The van der Waals surface area contributed by atoms with Gasteiger partial charge < -0.3 is 43.6 Å². The third-order valence-corrected chi connectivity index (χ3v) is 10.0. The molecule has 5 heterocycles. The van der Waals surface area contributed by atoms with Crippen molar-refractivity contribution in [2.24, 2.45) is 16.3 Å². The summed E-state index contributed by atoms with van der Waals surface area (Å²) in [7, 11) is 0. The highest BCUT2D eigenvalue weighted by molar-refractivity contribution is 7.98. The number of nitrogens with one attached hydrogen (secondary N) is 1. The molecular formula is C35H67N5O8S. The van der Waals surface area contributed by atoms with Crippen molar-refractivity contribution in [3.63, 3.8) is 0 Å². The van der Waals surface area contributed by atoms with E-state index in [0.717, 1.165) is 78.7 Å². The number of piperazine rings is 2. The zero-order chi connectivity index (χ0) is 34.7. The molecule has 0 aliphatic carbocycles. The number of hydrogen-bond donors (Lipinski definition) is 2. The molecule has 0 aromatic carbocycles. The lowest BCUT2D eigenvalue weighted by molar-refractivity contribution is -0.118. The molecule has 5 aliphatic rings. The fraction of sp³-hybridized carbons (Fsp3) is 0.971. The molecule has 286 valence electrons. The van der Waals surface area contributed by atoms with Crippen molar-refractivity contribution in [3.05, 3.63) is 0 Å². The van der Waals surface area contributed by atoms with Crippen molar-refractivity contribution in [2.75, 3.05) is 163 Å². The molecule has 13 nitrogen and oxygen atoms in total. The molecule has 0 saturated carbocycles. The Balaban J connectivity index is 0.000000324. The molecule has 0 aromatic rings. The summed E-state index contributed by atoms with van der Waals surface area (Å²) in [5.41, 5.74) is 0.807. The van der Waals surface area contributed by atoms with E-state index >= 15 is 0 Å². The molecule has 5 rings (SSSR count). The second kappa shape index (κ2) is 23.3. The Kier molecular flexibility index (Phi) is 19.6. The Labute approximate surface area is 300 Å². The van der Waals surface area contributed by atoms with Gasteiger partial charge in [0, 0.05) is 83.5 Å². The first-order valence-corrected chi connectivity index (χ1v) is 19.9. The topological polar surface area (TPSA) is 129 Å². The zero-order valence-corrected chi connectivity index (χ0v) is 31.7. The van der Waals surface area contributed by atoms with Gasteiger partial charge in [0.15, 0.2) is 0 Å². The number of aliphatic hydroxyl groups is 1. The molecule has 14 heteroatoms. The van der Waals surface area contributed by atoms with Crippen molar-refractivity contribution in [1.29, 1.82) is 0 Å². The van der Waals surface area contributed by atoms with E-state index in [0.29, 0.717) is 58.7 Å². The van der Waals surface area contributed by atoms with E-state index < -0.39 is 11.5 Å². The second-order valence-electron chi connectivity index (χ2n) is 14.5. The summed E-state index contributed by atoms with van der Waals surface area (Å²) < 4.78 is 39.9. The fourth-order valence-corrected chi connectivity index (χ4v) is 6.07. The molecule has 2 N–H and O–H groups in total. The number of aliphatic hydroxyl groups excluding tert-OH is 1. The van der Waals surface area contributed by atoms with Gasteiger partial charge in [-0.3, -0.25) is 19.7 Å². The fourth-order valence-electron chi connectivity index (χ4n) is 5.63. The van der Waals surface area contributed by atoms with E-state index in [1.807, 2.05) is 11.8 Å². The average Bonchev–Trinajstić information content (AvgIpc) is 3.94. The van der Waals surface area contributed by atoms with Gasteiger partial charge in [-0.2, -0.15) is 11.8 Å². The van der Waals surface area contributed by atoms with Crippen molar-refractivity contribution < 1.29 is 38.3 Å². The Morgan fingerprint density at radius 1 is 0.796 bits per heavy atom. The summed E-state index contributed by atoms with van der Waals surface area (Å²) in [6.45, 7) is 25.0. The monoisotopic (exact) mass is 717 g/mol. The van der Waals surface area contributed by atoms with Crippen molar-refractivity contribution in [3.8, 4) is 0 Å². The van der Waals surface area contributed by atoms with E-state index in [2.05, 4.69) is 52.0 Å². The Hall–Kier alpha value is -0.460. The van der Waals surface area contributed by atoms with Crippen molar-refractivity contribution in [1.82, 2.24) is 20.0 Å². The second-order valence-corrected chi connectivity index (χ2v) is 15.5. The lowest BCUT2D eigenvalue weighted by Gasteiger charge is -2.36. The Morgan fingerprint density at radius 3 is 1.78 bits per heavy atom. The smallest absolute Gasteiger partial charge is 0.104 e. The van der Waals surface area contributed by atoms with Crippen LogP contribution in [-0.2, 0) is 33.2 Å². The number of ether oxygens (including phenoxy) is 7. The van der Waals surface area contributed by atoms with Gasteiger partial charge in [0.05, 0.1) is 90.7 Å². The van der Waals surface area contributed by atoms with Gasteiger partial charge >= 0.3 is 0 Å². The third kappa shape index (κ3) is 18.7. The zero-order valence-electron chi connectivity index (χ0n) is 30.9. The molecule has 5 saturated heterocycles. The van der Waals surface area contributed by atoms with E-state index in [-0.39, 0.29) is 24.9 Å². The van der Waals surface area contributed by atoms with Crippen LogP contribution in [0.5, 0.6) is 0 Å². The highest BCUT2D eigenvalue weighted by atomic mass is 32.2. The minimum atomic E-state index is -0.534. The maximum atomic E-state index is 10.7. The number of rotatable bonds is 25. The minimum absolute atomic E-state index is 0.193. The van der Waals surface area contributed by atoms with Crippen molar-refractivity contribution >= 4 is 17.5 Å². The molecule has 0 bridgehead atoms. The highest BCUT2D eigenvalue weighted by Crippen LogP contribution is 2.24. The summed E-state index contributed by atoms with van der Waals surface area (Å²) >= 11 is 1.89. The van der Waals surface area contributed by atoms with Crippen LogP contribution in [0.1, 0.15) is 20.8 Å². The summed E-state index contributed by atoms with van der Waals surface area (Å²) in [5, 5.41) is 14.0. The molecule has 5 fully saturated rings. The number of hydrogen-bond acceptors (Lipinski definition) is 14. The van der Waals surface area contributed by atoms with Gasteiger partial charge in [-0.05, 0) is 19.1 Å². The quantitative estimate of drug-likeness (QED) is 0.101. The minimum Gasteiger partial charge on any atom is -0.389 e. The van der Waals surface area contributed by atoms with E-state index in [9.17, 15) is 5.11 Å². The van der Waals surface area contributed by atoms with Crippen LogP contribution >= 0.6 is 11.8 Å². The van der Waals surface area contributed by atoms with Crippen LogP contribution in [-0.4, -0.2) is 213 Å². The molecule has 0 radical (unpaired) electrons. The van der Waals surface area contributed by atoms with E-state index in [1.54, 1.807) is 0 Å². The lowest BCUT2D eigenvalue weighted by Crippen LogP contribution is -2.49. The standard InChI is InChI=1S/C24H44N2O8S.C11H23N3/c1-35-7-6-25-2-4-26(5-3-25)8-20(27)9-28-16-24(17-29-10-21-13-32-21,18-30-11-22-14-33-22)19-31-12-23-15-34-23;1-10(2)11(3)13-6-9-14-7-4-12-5-8-14/h20-23,27H,2-19H2,1H3;10,12H,4-9H2,1-3H3. The first-order chi connectivity index (χ1) is 23.8. The first kappa shape index (κ1) is 41.3. The number of epoxide rings is 3. The maximum absolute atomic E-state index is 10.7. The van der Waals surface area contributed by atoms with Gasteiger partial charge in [0.25, 0.3) is 0 Å². The van der Waals surface area contributed by atoms with Crippen LogP contribution in [0.25, 0.3) is 0 Å². The molecule has 4 atom stereocenters. The number of aliphatic imine (C=N–C) groups is 1. The molecule has 0 spiro atoms. The SMILES string of the molecule is CC(=NCCN1CCNCC1)C(C)C.CSCCN1CCN(CC(O)COCC(COCC2CO2)(COCC2CO2)COCC2CO2)CC1. The predicted octanol–water partition coefficient (Wildman–Crippen LogP) is 0.586. The van der Waals surface area contributed by atoms with Crippen LogP contribution in [0.2, 0.25) is 0 Å². The third-order valence-electron chi connectivity index (χ3n) is 9.43. The van der Waals surface area contributed by atoms with Crippen LogP contribution in [0, 0.1) is 11.3 Å². The Bertz CT molecular complexity index is 852. The van der Waals surface area contributed by atoms with Crippen LogP contribution in [0.15, 0.2) is 4.99 Å². The molecule has 0 aromatic heterocycles. The van der Waals surface area contributed by atoms with Gasteiger partial charge in [-0.15, -0.1) is 0 Å². The summed E-state index contributed by atoms with van der Waals surface area (Å²) in [4.78, 5) is 11.9. The van der Waals surface area contributed by atoms with Crippen LogP contribution < -0.4 is 5.32 Å². The molecule has 0 amide bonds. The van der Waals surface area contributed by atoms with Gasteiger partial charge in [0.2, 0.25) is 0 Å². The largest absolute Gasteiger partial charge is 0.389 e. The normalized spacial score (nSPS) is 26.7. The van der Waals surface area contributed by atoms with E-state index in [1.165, 1.54) is 24.6 Å². The number of thioether (sulfide) groups is 1. The van der Waals surface area contributed by atoms with Crippen LogP contribution in [0.4, 0.5) is 0 Å². The number of nitrogens with zero attached hydrogens (tertiary/aromatic N) is 4. The summed E-state index contributed by atoms with van der Waals surface area (Å²) in [6, 6.07) is 0. The molecular weight excluding hydrogens is 650 g/mol. The Morgan fingerprint density at radius 2 is 1.29 bits per heavy atom. The summed E-state index contributed by atoms with van der Waals surface area (Å²) in [6.07, 6.45) is 2.19. The van der Waals surface area contributed by atoms with Gasteiger partial charge in [-0.1, -0.05) is 13.8 Å². The van der Waals surface area contributed by atoms with Gasteiger partial charge in [-0.25, -0.2) is 0 Å². The summed E-state index contributed by atoms with van der Waals surface area (Å²) in [5.74, 6) is 1.77. The number of β-amino-alcohol motifs (C(OH)–C–C–N with tert-alkyl or cyclic N) is 1. The van der Waals surface area contributed by atoms with E-state index in [4.69, 9.17) is 33.2 Å². The van der Waals surface area contributed by atoms with Crippen LogP contribution in [0.3, 0.4) is 0 Å². The lowest BCUT2D eigenvalue weighted by atomic mass is 9.92.